The van der Waals surface area contributed by atoms with Crippen LogP contribution in [0.2, 0.25) is 0 Å². The number of aliphatic hydroxyl groups excluding tert-OH is 1. The molecule has 5 rings (SSSR count). The number of hydrogen-bond acceptors (Lipinski definition) is 8. The maximum absolute atomic E-state index is 14.1. The van der Waals surface area contributed by atoms with E-state index in [4.69, 9.17) is 15.2 Å². The number of esters is 1. The van der Waals surface area contributed by atoms with Crippen molar-refractivity contribution in [2.75, 3.05) is 13.2 Å². The molecular formula is C33H42N2O6. The maximum atomic E-state index is 14.1. The molecule has 2 aliphatic heterocycles. The molecule has 8 heteroatoms. The van der Waals surface area contributed by atoms with Gasteiger partial charge in [-0.05, 0) is 75.5 Å². The number of aliphatic hydroxyl groups is 1. The number of benzene rings is 1. The fourth-order valence-electron chi connectivity index (χ4n) is 6.82. The smallest absolute Gasteiger partial charge is 0.350 e. The Kier molecular flexibility index (Phi) is 8.26. The summed E-state index contributed by atoms with van der Waals surface area (Å²) < 4.78 is 12.4. The number of allylic oxidation sites excluding steroid dienone is 3. The minimum Gasteiger partial charge on any atom is -0.456 e. The van der Waals surface area contributed by atoms with E-state index in [2.05, 4.69) is 18.3 Å². The molecule has 1 aromatic rings. The summed E-state index contributed by atoms with van der Waals surface area (Å²) in [5, 5.41) is 13.5. The summed E-state index contributed by atoms with van der Waals surface area (Å²) in [6.45, 7) is 4.38. The van der Waals surface area contributed by atoms with Crippen molar-refractivity contribution in [2.24, 2.45) is 5.73 Å². The molecule has 8 nitrogen and oxygen atoms in total. The van der Waals surface area contributed by atoms with Gasteiger partial charge < -0.3 is 25.6 Å². The van der Waals surface area contributed by atoms with E-state index in [1.807, 2.05) is 13.0 Å². The summed E-state index contributed by atoms with van der Waals surface area (Å²) in [5.41, 5.74) is 4.49. The Balaban J connectivity index is 1.46. The zero-order valence-corrected chi connectivity index (χ0v) is 24.2. The zero-order valence-electron chi connectivity index (χ0n) is 24.2. The molecule has 1 saturated heterocycles. The van der Waals surface area contributed by atoms with E-state index in [0.717, 1.165) is 62.5 Å². The molecule has 2 aliphatic carbocycles. The number of carbonyl (C=O) groups is 3. The van der Waals surface area contributed by atoms with Crippen molar-refractivity contribution in [1.82, 2.24) is 5.32 Å². The molecule has 220 valence electrons. The topological polar surface area (TPSA) is 131 Å². The summed E-state index contributed by atoms with van der Waals surface area (Å²) in [5.74, 6) is -1.10. The van der Waals surface area contributed by atoms with Crippen LogP contribution in [-0.4, -0.2) is 52.6 Å². The van der Waals surface area contributed by atoms with Gasteiger partial charge in [0, 0.05) is 24.1 Å². The second kappa shape index (κ2) is 11.6. The normalized spacial score (nSPS) is 26.7. The van der Waals surface area contributed by atoms with E-state index >= 15 is 0 Å². The van der Waals surface area contributed by atoms with Gasteiger partial charge in [-0.15, -0.1) is 0 Å². The number of unbranched alkanes of at least 4 members (excludes halogenated alkanes) is 2. The Hall–Kier alpha value is -3.23. The number of hydrogen-bond donors (Lipinski definition) is 3. The molecule has 0 spiro atoms. The predicted octanol–water partition coefficient (Wildman–Crippen LogP) is 4.82. The molecule has 2 heterocycles. The highest BCUT2D eigenvalue weighted by Crippen LogP contribution is 2.60. The van der Waals surface area contributed by atoms with Gasteiger partial charge in [0.1, 0.15) is 5.60 Å². The lowest BCUT2D eigenvalue weighted by Crippen LogP contribution is -2.52. The third kappa shape index (κ3) is 5.17. The molecular weight excluding hydrogens is 520 g/mol. The molecule has 1 saturated carbocycles. The third-order valence-corrected chi connectivity index (χ3v) is 9.36. The number of ketones is 2. The summed E-state index contributed by atoms with van der Waals surface area (Å²) in [6, 6.07) is 6.56. The highest BCUT2D eigenvalue weighted by molar-refractivity contribution is 6.33. The van der Waals surface area contributed by atoms with Crippen molar-refractivity contribution in [3.8, 4) is 0 Å². The number of nitrogens with two attached hydrogens (primary N) is 1. The van der Waals surface area contributed by atoms with Crippen molar-refractivity contribution >= 4 is 17.5 Å². The van der Waals surface area contributed by atoms with Gasteiger partial charge >= 0.3 is 5.97 Å². The molecule has 0 aromatic heterocycles. The van der Waals surface area contributed by atoms with E-state index in [9.17, 15) is 19.5 Å². The van der Waals surface area contributed by atoms with Crippen LogP contribution in [0.5, 0.6) is 0 Å². The lowest BCUT2D eigenvalue weighted by Gasteiger charge is -2.32. The van der Waals surface area contributed by atoms with Gasteiger partial charge in [0.05, 0.1) is 12.4 Å². The Morgan fingerprint density at radius 2 is 1.83 bits per heavy atom. The standard InChI is InChI=1S/C33H42N2O6/c1-3-4-7-15-31(16-8-9-17-31)40-30(39)33-29(38)26-11-6-5-10-25(26)28(37)32(33,41-33)20-24(21-36)22(2)12-13-23-14-18-35-27(34)19-23/h5-6,10-11,14,19,35-36H,3-4,7-9,12-13,15-18,20-21,34H2,1-2H3. The van der Waals surface area contributed by atoms with Crippen molar-refractivity contribution in [3.05, 3.63) is 70.1 Å². The van der Waals surface area contributed by atoms with Crippen molar-refractivity contribution in [2.45, 2.75) is 101 Å². The van der Waals surface area contributed by atoms with Crippen LogP contribution < -0.4 is 11.1 Å². The van der Waals surface area contributed by atoms with Crippen LogP contribution >= 0.6 is 0 Å². The van der Waals surface area contributed by atoms with E-state index in [0.29, 0.717) is 30.8 Å². The minimum absolute atomic E-state index is 0.0508. The van der Waals surface area contributed by atoms with E-state index in [1.54, 1.807) is 24.3 Å². The lowest BCUT2D eigenvalue weighted by molar-refractivity contribution is -0.164. The zero-order chi connectivity index (χ0) is 29.3. The van der Waals surface area contributed by atoms with Crippen LogP contribution in [0, 0.1) is 0 Å². The molecule has 41 heavy (non-hydrogen) atoms. The first-order valence-corrected chi connectivity index (χ1v) is 15.0. The monoisotopic (exact) mass is 562 g/mol. The second-order valence-electron chi connectivity index (χ2n) is 12.0. The average Bonchev–Trinajstić information content (AvgIpc) is 3.48. The minimum atomic E-state index is -2.03. The summed E-state index contributed by atoms with van der Waals surface area (Å²) >= 11 is 0. The van der Waals surface area contributed by atoms with Crippen LogP contribution in [0.1, 0.15) is 105 Å². The number of Topliss-reactive ketones (excluding diaryl/α,β-unsaturated/α-hetero) is 2. The SMILES string of the molecule is CCCCCC1(OC(=O)C23OC2(CC(CO)=C(C)CCC2=CCNC(N)=C2)C(=O)c2ccccc2C3=O)CCCC1. The maximum Gasteiger partial charge on any atom is 0.350 e. The third-order valence-electron chi connectivity index (χ3n) is 9.36. The molecule has 4 aliphatic rings. The van der Waals surface area contributed by atoms with Gasteiger partial charge in [-0.25, -0.2) is 4.79 Å². The molecule has 2 atom stereocenters. The molecule has 1 aromatic carbocycles. The molecule has 0 amide bonds. The number of ether oxygens (including phenoxy) is 2. The highest BCUT2D eigenvalue weighted by atomic mass is 16.7. The molecule has 2 unspecified atom stereocenters. The highest BCUT2D eigenvalue weighted by Gasteiger charge is 2.86. The van der Waals surface area contributed by atoms with Crippen molar-refractivity contribution in [1.29, 1.82) is 0 Å². The van der Waals surface area contributed by atoms with Gasteiger partial charge in [-0.2, -0.15) is 0 Å². The van der Waals surface area contributed by atoms with E-state index in [1.165, 1.54) is 0 Å². The average molecular weight is 563 g/mol. The van der Waals surface area contributed by atoms with Crippen LogP contribution in [0.3, 0.4) is 0 Å². The number of epoxide rings is 1. The first-order chi connectivity index (χ1) is 19.7. The van der Waals surface area contributed by atoms with Crippen molar-refractivity contribution < 1.29 is 29.0 Å². The van der Waals surface area contributed by atoms with Crippen molar-refractivity contribution in [3.63, 3.8) is 0 Å². The fourth-order valence-corrected chi connectivity index (χ4v) is 6.82. The molecule has 0 radical (unpaired) electrons. The van der Waals surface area contributed by atoms with Crippen LogP contribution in [0.4, 0.5) is 0 Å². The number of fused-ring (bicyclic) bond motifs is 2. The Labute approximate surface area is 242 Å². The number of dihydropyridines is 1. The van der Waals surface area contributed by atoms with Gasteiger partial charge in [0.15, 0.2) is 11.4 Å². The Morgan fingerprint density at radius 3 is 2.49 bits per heavy atom. The van der Waals surface area contributed by atoms with Gasteiger partial charge in [0.25, 0.3) is 5.60 Å². The molecule has 0 bridgehead atoms. The first kappa shape index (κ1) is 29.3. The number of rotatable bonds is 12. The predicted molar refractivity (Wildman–Crippen MR) is 155 cm³/mol. The molecule has 4 N–H and O–H groups in total. The number of nitrogens with one attached hydrogen (secondary N) is 1. The van der Waals surface area contributed by atoms with E-state index in [-0.39, 0.29) is 24.2 Å². The Morgan fingerprint density at radius 1 is 1.12 bits per heavy atom. The molecule has 2 fully saturated rings. The summed E-state index contributed by atoms with van der Waals surface area (Å²) in [6.07, 6.45) is 12.4. The van der Waals surface area contributed by atoms with Gasteiger partial charge in [-0.3, -0.25) is 9.59 Å². The van der Waals surface area contributed by atoms with Gasteiger partial charge in [-0.1, -0.05) is 55.7 Å². The lowest BCUT2D eigenvalue weighted by atomic mass is 9.71. The summed E-state index contributed by atoms with van der Waals surface area (Å²) in [7, 11) is 0. The summed E-state index contributed by atoms with van der Waals surface area (Å²) in [4.78, 5) is 42.2. The largest absolute Gasteiger partial charge is 0.456 e. The first-order valence-electron chi connectivity index (χ1n) is 15.0. The van der Waals surface area contributed by atoms with Crippen LogP contribution in [-0.2, 0) is 14.3 Å². The van der Waals surface area contributed by atoms with E-state index < -0.39 is 34.3 Å². The van der Waals surface area contributed by atoms with Crippen LogP contribution in [0.25, 0.3) is 0 Å². The number of carbonyl (C=O) groups excluding carboxylic acids is 3. The Bertz CT molecular complexity index is 1320. The second-order valence-corrected chi connectivity index (χ2v) is 12.0. The van der Waals surface area contributed by atoms with Crippen LogP contribution in [0.15, 0.2) is 59.0 Å². The quantitative estimate of drug-likeness (QED) is 0.109. The fraction of sp³-hybridized carbons (Fsp3) is 0.545. The van der Waals surface area contributed by atoms with Gasteiger partial charge in [0.2, 0.25) is 5.78 Å².